The van der Waals surface area contributed by atoms with Gasteiger partial charge in [0.2, 0.25) is 0 Å². The number of rotatable bonds is 5. The summed E-state index contributed by atoms with van der Waals surface area (Å²) in [5, 5.41) is 13.1. The molecule has 1 aliphatic rings. The molecular weight excluding hydrogens is 260 g/mol. The van der Waals surface area contributed by atoms with Gasteiger partial charge >= 0.3 is 0 Å². The molecule has 106 valence electrons. The number of carbonyl (C=O) groups is 1. The summed E-state index contributed by atoms with van der Waals surface area (Å²) in [5.41, 5.74) is 0.111. The van der Waals surface area contributed by atoms with Gasteiger partial charge in [-0.25, -0.2) is 0 Å². The van der Waals surface area contributed by atoms with Crippen LogP contribution >= 0.6 is 11.8 Å². The van der Waals surface area contributed by atoms with E-state index in [2.05, 4.69) is 16.0 Å². The highest BCUT2D eigenvalue weighted by Gasteiger charge is 2.39. The van der Waals surface area contributed by atoms with Crippen LogP contribution in [-0.2, 0) is 18.3 Å². The van der Waals surface area contributed by atoms with Gasteiger partial charge in [-0.3, -0.25) is 4.79 Å². The largest absolute Gasteiger partial charge is 0.379 e. The summed E-state index contributed by atoms with van der Waals surface area (Å²) in [4.78, 5) is 12.0. The minimum Gasteiger partial charge on any atom is -0.379 e. The maximum absolute atomic E-state index is 12.0. The van der Waals surface area contributed by atoms with Crippen molar-refractivity contribution in [2.75, 3.05) is 11.5 Å². The lowest BCUT2D eigenvalue weighted by Crippen LogP contribution is -2.49. The molecule has 0 radical (unpaired) electrons. The number of hydrogen-bond donors (Lipinski definition) is 2. The molecule has 0 spiro atoms. The number of aryl methyl sites for hydroxylation is 2. The van der Waals surface area contributed by atoms with Crippen LogP contribution < -0.4 is 5.32 Å². The smallest absolute Gasteiger partial charge is 0.253 e. The molecule has 1 fully saturated rings. The summed E-state index contributed by atoms with van der Waals surface area (Å²) in [6, 6.07) is 4.20. The fraction of sp³-hybridized carbons (Fsp3) is 0.643. The molecule has 1 aliphatic heterocycles. The topological polar surface area (TPSA) is 54.3 Å². The van der Waals surface area contributed by atoms with Gasteiger partial charge in [0, 0.05) is 30.7 Å². The average Bonchev–Trinajstić information content (AvgIpc) is 2.97. The van der Waals surface area contributed by atoms with Crippen LogP contribution in [0.2, 0.25) is 0 Å². The Hall–Kier alpha value is -0.940. The van der Waals surface area contributed by atoms with Crippen LogP contribution in [0.4, 0.5) is 0 Å². The Morgan fingerprint density at radius 3 is 3.05 bits per heavy atom. The highest BCUT2D eigenvalue weighted by atomic mass is 32.2. The van der Waals surface area contributed by atoms with Crippen LogP contribution in [-0.4, -0.2) is 38.7 Å². The molecule has 1 aromatic rings. The quantitative estimate of drug-likeness (QED) is 0.856. The Morgan fingerprint density at radius 1 is 1.68 bits per heavy atom. The molecule has 19 heavy (non-hydrogen) atoms. The second-order valence-electron chi connectivity index (χ2n) is 5.36. The first-order chi connectivity index (χ1) is 9.01. The van der Waals surface area contributed by atoms with Crippen LogP contribution in [0, 0.1) is 0 Å². The van der Waals surface area contributed by atoms with E-state index < -0.39 is 5.60 Å². The third-order valence-corrected chi connectivity index (χ3v) is 4.86. The number of thioether (sulfide) groups is 1. The first-order valence-electron chi connectivity index (χ1n) is 6.72. The summed E-state index contributed by atoms with van der Waals surface area (Å²) in [5.74, 6) is 1.17. The minimum absolute atomic E-state index is 0.0806. The second kappa shape index (κ2) is 6.01. The van der Waals surface area contributed by atoms with Gasteiger partial charge in [0.25, 0.3) is 5.91 Å². The van der Waals surface area contributed by atoms with Crippen molar-refractivity contribution in [2.24, 2.45) is 7.05 Å². The molecule has 2 heterocycles. The maximum atomic E-state index is 12.0. The summed E-state index contributed by atoms with van der Waals surface area (Å²) in [6.07, 6.45) is 4.40. The van der Waals surface area contributed by atoms with Gasteiger partial charge in [0.05, 0.1) is 0 Å². The van der Waals surface area contributed by atoms with Crippen molar-refractivity contribution < 1.29 is 9.90 Å². The lowest BCUT2D eigenvalue weighted by atomic mass is 10.0. The van der Waals surface area contributed by atoms with Crippen LogP contribution in [0.25, 0.3) is 0 Å². The molecule has 0 aromatic carbocycles. The third kappa shape index (κ3) is 3.54. The molecule has 2 rings (SSSR count). The molecular formula is C14H22N2O2S. The summed E-state index contributed by atoms with van der Waals surface area (Å²) >= 11 is 1.64. The van der Waals surface area contributed by atoms with Gasteiger partial charge in [-0.15, -0.1) is 0 Å². The van der Waals surface area contributed by atoms with E-state index in [9.17, 15) is 9.90 Å². The lowest BCUT2D eigenvalue weighted by Gasteiger charge is -2.23. The predicted octanol–water partition coefficient (Wildman–Crippen LogP) is 1.33. The van der Waals surface area contributed by atoms with Gasteiger partial charge in [0.1, 0.15) is 0 Å². The monoisotopic (exact) mass is 282 g/mol. The van der Waals surface area contributed by atoms with Crippen LogP contribution in [0.1, 0.15) is 25.5 Å². The highest BCUT2D eigenvalue weighted by Crippen LogP contribution is 2.28. The average molecular weight is 282 g/mol. The van der Waals surface area contributed by atoms with Crippen molar-refractivity contribution >= 4 is 17.7 Å². The molecule has 0 bridgehead atoms. The van der Waals surface area contributed by atoms with Crippen LogP contribution in [0.5, 0.6) is 0 Å². The zero-order valence-electron chi connectivity index (χ0n) is 11.6. The third-order valence-electron chi connectivity index (χ3n) is 3.69. The number of aliphatic hydroxyl groups is 1. The Labute approximate surface area is 118 Å². The first-order valence-corrected chi connectivity index (χ1v) is 7.88. The molecule has 0 saturated carbocycles. The number of hydrogen-bond acceptors (Lipinski definition) is 3. The van der Waals surface area contributed by atoms with Crippen molar-refractivity contribution in [2.45, 2.75) is 37.8 Å². The number of carbonyl (C=O) groups excluding carboxylic acids is 1. The predicted molar refractivity (Wildman–Crippen MR) is 78.2 cm³/mol. The van der Waals surface area contributed by atoms with Crippen molar-refractivity contribution in [1.29, 1.82) is 0 Å². The van der Waals surface area contributed by atoms with Crippen molar-refractivity contribution in [3.63, 3.8) is 0 Å². The fourth-order valence-electron chi connectivity index (χ4n) is 2.28. The van der Waals surface area contributed by atoms with Crippen LogP contribution in [0.3, 0.4) is 0 Å². The zero-order chi connectivity index (χ0) is 13.9. The zero-order valence-corrected chi connectivity index (χ0v) is 12.4. The molecule has 0 aliphatic carbocycles. The van der Waals surface area contributed by atoms with Gasteiger partial charge in [-0.05, 0) is 44.1 Å². The normalized spacial score (nSPS) is 24.4. The van der Waals surface area contributed by atoms with E-state index in [1.807, 2.05) is 26.2 Å². The van der Waals surface area contributed by atoms with E-state index >= 15 is 0 Å². The summed E-state index contributed by atoms with van der Waals surface area (Å²) < 4.78 is 2.09. The number of amides is 1. The SMILES string of the molecule is CC(CCc1cccn1C)NC(=O)C1(O)CCSC1. The lowest BCUT2D eigenvalue weighted by molar-refractivity contribution is -0.137. The Balaban J connectivity index is 1.79. The molecule has 1 aromatic heterocycles. The van der Waals surface area contributed by atoms with Gasteiger partial charge in [-0.2, -0.15) is 11.8 Å². The Bertz CT molecular complexity index is 438. The van der Waals surface area contributed by atoms with E-state index in [1.165, 1.54) is 5.69 Å². The number of aromatic nitrogens is 1. The fourth-order valence-corrected chi connectivity index (χ4v) is 3.52. The van der Waals surface area contributed by atoms with Gasteiger partial charge in [0.15, 0.2) is 5.60 Å². The Kier molecular flexibility index (Phi) is 4.58. The molecule has 5 heteroatoms. The molecule has 1 saturated heterocycles. The van der Waals surface area contributed by atoms with E-state index in [-0.39, 0.29) is 11.9 Å². The number of nitrogens with one attached hydrogen (secondary N) is 1. The van der Waals surface area contributed by atoms with E-state index in [4.69, 9.17) is 0 Å². The first kappa shape index (κ1) is 14.5. The molecule has 2 unspecified atom stereocenters. The minimum atomic E-state index is -1.15. The van der Waals surface area contributed by atoms with Crippen LogP contribution in [0.15, 0.2) is 18.3 Å². The van der Waals surface area contributed by atoms with E-state index in [0.29, 0.717) is 12.2 Å². The molecule has 2 N–H and O–H groups in total. The van der Waals surface area contributed by atoms with Crippen molar-refractivity contribution in [1.82, 2.24) is 9.88 Å². The van der Waals surface area contributed by atoms with Crippen molar-refractivity contribution in [3.05, 3.63) is 24.0 Å². The van der Waals surface area contributed by atoms with E-state index in [1.54, 1.807) is 11.8 Å². The standard InChI is InChI=1S/C14H22N2O2S/c1-11(5-6-12-4-3-8-16(12)2)15-13(17)14(18)7-9-19-10-14/h3-4,8,11,18H,5-7,9-10H2,1-2H3,(H,15,17). The molecule has 2 atom stereocenters. The number of nitrogens with zero attached hydrogens (tertiary/aromatic N) is 1. The van der Waals surface area contributed by atoms with Gasteiger partial charge < -0.3 is 15.0 Å². The second-order valence-corrected chi connectivity index (χ2v) is 6.46. The van der Waals surface area contributed by atoms with E-state index in [0.717, 1.165) is 18.6 Å². The Morgan fingerprint density at radius 2 is 2.47 bits per heavy atom. The van der Waals surface area contributed by atoms with Gasteiger partial charge in [-0.1, -0.05) is 0 Å². The molecule has 4 nitrogen and oxygen atoms in total. The highest BCUT2D eigenvalue weighted by molar-refractivity contribution is 7.99. The molecule has 1 amide bonds. The van der Waals surface area contributed by atoms with Crippen molar-refractivity contribution in [3.8, 4) is 0 Å². The summed E-state index contributed by atoms with van der Waals surface area (Å²) in [7, 11) is 2.02. The maximum Gasteiger partial charge on any atom is 0.253 e. The summed E-state index contributed by atoms with van der Waals surface area (Å²) in [6.45, 7) is 1.99.